The number of hydrogen-bond donors (Lipinski definition) is 3. The van der Waals surface area contributed by atoms with Crippen molar-refractivity contribution >= 4 is 17.8 Å². The Morgan fingerprint density at radius 2 is 2.19 bits per heavy atom. The number of rotatable bonds is 12. The van der Waals surface area contributed by atoms with Gasteiger partial charge in [-0.2, -0.15) is 0 Å². The molecule has 31 heavy (non-hydrogen) atoms. The molecule has 6 heteroatoms. The number of aliphatic carboxylic acids is 1. The zero-order valence-electron chi connectivity index (χ0n) is 18.3. The fourth-order valence-corrected chi connectivity index (χ4v) is 3.30. The molecule has 1 aromatic rings. The summed E-state index contributed by atoms with van der Waals surface area (Å²) in [6, 6.07) is 0. The summed E-state index contributed by atoms with van der Waals surface area (Å²) in [5.41, 5.74) is 10.1. The van der Waals surface area contributed by atoms with Crippen molar-refractivity contribution in [3.8, 4) is 0 Å². The lowest BCUT2D eigenvalue weighted by molar-refractivity contribution is -0.137. The van der Waals surface area contributed by atoms with Crippen LogP contribution in [0.2, 0.25) is 0 Å². The maximum absolute atomic E-state index is 10.7. The normalized spacial score (nSPS) is 13.0. The molecule has 0 fully saturated rings. The van der Waals surface area contributed by atoms with Crippen LogP contribution in [-0.4, -0.2) is 22.2 Å². The zero-order valence-corrected chi connectivity index (χ0v) is 18.3. The molecular formula is C25H31N3O3. The molecule has 1 aliphatic carbocycles. The van der Waals surface area contributed by atoms with Crippen molar-refractivity contribution in [2.24, 2.45) is 5.84 Å². The number of nitrogens with one attached hydrogen (secondary N) is 1. The maximum Gasteiger partial charge on any atom is 0.303 e. The highest BCUT2D eigenvalue weighted by Gasteiger charge is 2.14. The third-order valence-corrected chi connectivity index (χ3v) is 5.01. The number of carboxylic acid groups (broad SMARTS) is 1. The number of hydrazine groups is 1. The van der Waals surface area contributed by atoms with E-state index in [9.17, 15) is 4.79 Å². The molecule has 0 spiro atoms. The molecule has 4 N–H and O–H groups in total. The summed E-state index contributed by atoms with van der Waals surface area (Å²) in [6.45, 7) is 12.8. The van der Waals surface area contributed by atoms with Crippen LogP contribution in [0.5, 0.6) is 0 Å². The number of carbonyl (C=O) groups is 1. The van der Waals surface area contributed by atoms with Crippen molar-refractivity contribution in [3.05, 3.63) is 88.5 Å². The van der Waals surface area contributed by atoms with Gasteiger partial charge in [0.25, 0.3) is 0 Å². The van der Waals surface area contributed by atoms with E-state index in [4.69, 9.17) is 15.7 Å². The van der Waals surface area contributed by atoms with Gasteiger partial charge in [-0.1, -0.05) is 37.5 Å². The monoisotopic (exact) mass is 421 g/mol. The Bertz CT molecular complexity index is 1090. The molecule has 0 saturated carbocycles. The van der Waals surface area contributed by atoms with E-state index in [1.165, 1.54) is 0 Å². The van der Waals surface area contributed by atoms with Crippen molar-refractivity contribution in [1.82, 2.24) is 9.99 Å². The molecule has 6 nitrogen and oxygen atoms in total. The molecule has 0 saturated heterocycles. The van der Waals surface area contributed by atoms with Crippen molar-refractivity contribution < 1.29 is 14.6 Å². The predicted octanol–water partition coefficient (Wildman–Crippen LogP) is 2.50. The average molecular weight is 422 g/mol. The van der Waals surface area contributed by atoms with Crippen LogP contribution < -0.4 is 21.8 Å². The Hall–Kier alpha value is -3.47. The Labute approximate surface area is 183 Å². The molecule has 0 atom stereocenters. The number of ether oxygens (including phenoxy) is 1. The Morgan fingerprint density at radius 1 is 1.42 bits per heavy atom. The highest BCUT2D eigenvalue weighted by Crippen LogP contribution is 2.11. The van der Waals surface area contributed by atoms with Gasteiger partial charge >= 0.3 is 5.97 Å². The topological polar surface area (TPSA) is 89.5 Å². The largest absolute Gasteiger partial charge is 0.493 e. The summed E-state index contributed by atoms with van der Waals surface area (Å²) >= 11 is 0. The van der Waals surface area contributed by atoms with Crippen molar-refractivity contribution in [2.45, 2.75) is 39.7 Å². The van der Waals surface area contributed by atoms with E-state index in [0.717, 1.165) is 27.4 Å². The van der Waals surface area contributed by atoms with E-state index in [0.29, 0.717) is 37.4 Å². The lowest BCUT2D eigenvalue weighted by Crippen LogP contribution is -2.30. The third-order valence-electron chi connectivity index (χ3n) is 5.01. The van der Waals surface area contributed by atoms with Gasteiger partial charge in [0.15, 0.2) is 0 Å². The van der Waals surface area contributed by atoms with Crippen LogP contribution in [0.1, 0.15) is 31.0 Å². The van der Waals surface area contributed by atoms with E-state index < -0.39 is 5.97 Å². The fourth-order valence-electron chi connectivity index (χ4n) is 3.30. The number of hydrogen-bond acceptors (Lipinski definition) is 4. The zero-order chi connectivity index (χ0) is 22.8. The van der Waals surface area contributed by atoms with Gasteiger partial charge in [-0.25, -0.2) is 0 Å². The van der Waals surface area contributed by atoms with Crippen LogP contribution in [0, 0.1) is 6.92 Å². The average Bonchev–Trinajstić information content (AvgIpc) is 2.88. The van der Waals surface area contributed by atoms with E-state index in [1.54, 1.807) is 12.2 Å². The molecule has 0 radical (unpaired) electrons. The van der Waals surface area contributed by atoms with Gasteiger partial charge < -0.3 is 19.8 Å². The van der Waals surface area contributed by atoms with Crippen molar-refractivity contribution in [3.63, 3.8) is 0 Å². The number of allylic oxidation sites excluding steroid dienone is 8. The first kappa shape index (κ1) is 23.8. The summed E-state index contributed by atoms with van der Waals surface area (Å²) in [4.78, 5) is 10.7. The van der Waals surface area contributed by atoms with Crippen LogP contribution in [0.15, 0.2) is 66.6 Å². The second-order valence-corrected chi connectivity index (χ2v) is 7.16. The number of carboxylic acids is 1. The number of fused-ring (bicyclic) bond motifs is 1. The Morgan fingerprint density at radius 3 is 2.84 bits per heavy atom. The summed E-state index contributed by atoms with van der Waals surface area (Å²) in [7, 11) is 0. The van der Waals surface area contributed by atoms with Crippen LogP contribution in [0.25, 0.3) is 11.8 Å². The van der Waals surface area contributed by atoms with Gasteiger partial charge in [-0.3, -0.25) is 10.6 Å². The fraction of sp³-hybridized carbons (Fsp3) is 0.280. The van der Waals surface area contributed by atoms with Crippen molar-refractivity contribution in [2.75, 3.05) is 6.61 Å². The quantitative estimate of drug-likeness (QED) is 0.209. The summed E-state index contributed by atoms with van der Waals surface area (Å²) in [5, 5.41) is 10.8. The molecule has 2 rings (SSSR count). The number of nitrogens with two attached hydrogens (primary N) is 1. The van der Waals surface area contributed by atoms with Gasteiger partial charge in [0, 0.05) is 42.1 Å². The minimum atomic E-state index is -0.826. The molecule has 0 aromatic carbocycles. The van der Waals surface area contributed by atoms with Gasteiger partial charge in [0.1, 0.15) is 5.76 Å². The third kappa shape index (κ3) is 6.51. The maximum atomic E-state index is 10.7. The molecule has 1 heterocycles. The van der Waals surface area contributed by atoms with Crippen LogP contribution >= 0.6 is 0 Å². The molecule has 0 bridgehead atoms. The summed E-state index contributed by atoms with van der Waals surface area (Å²) in [5.74, 6) is 5.38. The molecule has 1 aromatic heterocycles. The highest BCUT2D eigenvalue weighted by atomic mass is 16.5. The smallest absolute Gasteiger partial charge is 0.303 e. The minimum Gasteiger partial charge on any atom is -0.493 e. The van der Waals surface area contributed by atoms with Crippen molar-refractivity contribution in [1.29, 1.82) is 0 Å². The molecular weight excluding hydrogens is 390 g/mol. The predicted molar refractivity (Wildman–Crippen MR) is 125 cm³/mol. The van der Waals surface area contributed by atoms with E-state index in [2.05, 4.69) is 41.9 Å². The van der Waals surface area contributed by atoms with Gasteiger partial charge in [-0.15, -0.1) is 5.73 Å². The molecule has 164 valence electrons. The van der Waals surface area contributed by atoms with Gasteiger partial charge in [0.2, 0.25) is 0 Å². The van der Waals surface area contributed by atoms with Gasteiger partial charge in [-0.05, 0) is 43.6 Å². The molecule has 0 amide bonds. The van der Waals surface area contributed by atoms with E-state index in [1.807, 2.05) is 31.2 Å². The van der Waals surface area contributed by atoms with E-state index in [-0.39, 0.29) is 6.42 Å². The highest BCUT2D eigenvalue weighted by molar-refractivity contribution is 5.66. The lowest BCUT2D eigenvalue weighted by atomic mass is 10.1. The van der Waals surface area contributed by atoms with Gasteiger partial charge in [0.05, 0.1) is 12.0 Å². The first-order valence-electron chi connectivity index (χ1n) is 10.2. The second-order valence-electron chi connectivity index (χ2n) is 7.16. The lowest BCUT2D eigenvalue weighted by Gasteiger charge is -2.10. The SMILES string of the molecule is C=C/C=C\C(=C/C)Cn1c(C)c(CC(=C)NN)c2c1=CC=C(OCCCC(=O)O)C=C=2. The number of nitrogens with zero attached hydrogens (tertiary/aromatic N) is 1. The summed E-state index contributed by atoms with van der Waals surface area (Å²) < 4.78 is 7.98. The first-order chi connectivity index (χ1) is 14.9. The molecule has 0 aliphatic heterocycles. The standard InChI is InChI=1S/C25H31N3O3/c1-5-7-9-20(6-2)17-28-19(4)23(16-18(3)27-26)22-13-11-21(12-14-24(22)28)31-15-8-10-25(29)30/h5-7,9,11-12,14,27H,1,3,8,10,15-17,26H2,2,4H3,(H,29,30)/b9-7-,20-6+. The summed E-state index contributed by atoms with van der Waals surface area (Å²) in [6.07, 6.45) is 14.6. The van der Waals surface area contributed by atoms with Crippen LogP contribution in [0.4, 0.5) is 0 Å². The second kappa shape index (κ2) is 11.6. The first-order valence-corrected chi connectivity index (χ1v) is 10.2. The molecule has 0 unspecified atom stereocenters. The number of aromatic nitrogens is 1. The Kier molecular flexibility index (Phi) is 8.94. The van der Waals surface area contributed by atoms with Crippen LogP contribution in [0.3, 0.4) is 0 Å². The van der Waals surface area contributed by atoms with E-state index >= 15 is 0 Å². The minimum absolute atomic E-state index is 0.0809. The van der Waals surface area contributed by atoms with Crippen LogP contribution in [-0.2, 0) is 22.5 Å². The Balaban J connectivity index is 2.48. The molecule has 1 aliphatic rings.